The van der Waals surface area contributed by atoms with Crippen LogP contribution in [0.2, 0.25) is 0 Å². The molecule has 7 heavy (non-hydrogen) atoms. The van der Waals surface area contributed by atoms with Crippen LogP contribution in [0.25, 0.3) is 0 Å². The molecule has 0 radical (unpaired) electrons. The largest absolute Gasteiger partial charge is 0.213 e. The summed E-state index contributed by atoms with van der Waals surface area (Å²) >= 11 is 0. The molecule has 1 aliphatic rings. The number of rotatable bonds is 0. The maximum atomic E-state index is 10.2. The molecule has 0 aromatic carbocycles. The third-order valence-corrected chi connectivity index (χ3v) is 2.55. The smallest absolute Gasteiger partial charge is 0.212 e. The zero-order valence-electron chi connectivity index (χ0n) is 4.01. The van der Waals surface area contributed by atoms with Gasteiger partial charge in [0.1, 0.15) is 0 Å². The Bertz CT molecular complexity index is 148. The van der Waals surface area contributed by atoms with E-state index in [4.69, 9.17) is 0 Å². The number of nitrogens with one attached hydrogen (secondary N) is 1. The molecule has 1 atom stereocenters. The molecule has 1 fully saturated rings. The Morgan fingerprint density at radius 2 is 2.14 bits per heavy atom. The first-order valence-electron chi connectivity index (χ1n) is 2.10. The molecule has 0 aliphatic carbocycles. The molecule has 3 nitrogen and oxygen atoms in total. The van der Waals surface area contributed by atoms with E-state index < -0.39 is 10.0 Å². The van der Waals surface area contributed by atoms with Gasteiger partial charge in [-0.1, -0.05) is 0 Å². The molecule has 42 valence electrons. The van der Waals surface area contributed by atoms with Crippen LogP contribution in [0, 0.1) is 0 Å². The van der Waals surface area contributed by atoms with Gasteiger partial charge in [-0.2, -0.15) is 0 Å². The normalized spacial score (nSPS) is 37.0. The first kappa shape index (κ1) is 5.05. The molecule has 1 N–H and O–H groups in total. The number of hydrogen-bond donors (Lipinski definition) is 1. The monoisotopic (exact) mass is 121 g/mol. The van der Waals surface area contributed by atoms with Crippen LogP contribution in [0.4, 0.5) is 0 Å². The summed E-state index contributed by atoms with van der Waals surface area (Å²) < 4.78 is 22.7. The summed E-state index contributed by atoms with van der Waals surface area (Å²) in [7, 11) is -2.78. The van der Waals surface area contributed by atoms with Gasteiger partial charge in [-0.25, -0.2) is 13.1 Å². The highest BCUT2D eigenvalue weighted by atomic mass is 32.2. The molecule has 4 heteroatoms. The molecular weight excluding hydrogens is 114 g/mol. The third-order valence-electron chi connectivity index (χ3n) is 0.850. The molecule has 0 amide bonds. The highest BCUT2D eigenvalue weighted by Crippen LogP contribution is 2.02. The molecule has 1 rings (SSSR count). The minimum atomic E-state index is -2.78. The second kappa shape index (κ2) is 1.20. The van der Waals surface area contributed by atoms with Crippen LogP contribution in [0.1, 0.15) is 6.92 Å². The van der Waals surface area contributed by atoms with Gasteiger partial charge >= 0.3 is 0 Å². The summed E-state index contributed by atoms with van der Waals surface area (Å²) in [5.74, 6) is 0.299. The van der Waals surface area contributed by atoms with E-state index in [9.17, 15) is 8.42 Å². The van der Waals surface area contributed by atoms with Gasteiger partial charge in [0.2, 0.25) is 10.0 Å². The van der Waals surface area contributed by atoms with Crippen molar-refractivity contribution in [2.45, 2.75) is 13.0 Å². The molecule has 0 aromatic heterocycles. The van der Waals surface area contributed by atoms with Crippen molar-refractivity contribution >= 4 is 10.0 Å². The predicted octanol–water partition coefficient (Wildman–Crippen LogP) is -0.692. The summed E-state index contributed by atoms with van der Waals surface area (Å²) in [6, 6.07) is 0.171. The maximum Gasteiger partial charge on any atom is 0.213 e. The van der Waals surface area contributed by atoms with E-state index >= 15 is 0 Å². The van der Waals surface area contributed by atoms with Crippen LogP contribution in [0.3, 0.4) is 0 Å². The van der Waals surface area contributed by atoms with Crippen LogP contribution in [-0.4, -0.2) is 20.2 Å². The summed E-state index contributed by atoms with van der Waals surface area (Å²) in [5.41, 5.74) is 0. The minimum absolute atomic E-state index is 0.171. The maximum absolute atomic E-state index is 10.2. The Labute approximate surface area is 42.8 Å². The van der Waals surface area contributed by atoms with Crippen molar-refractivity contribution < 1.29 is 8.42 Å². The van der Waals surface area contributed by atoms with Crippen molar-refractivity contribution in [2.24, 2.45) is 0 Å². The molecule has 1 saturated heterocycles. The van der Waals surface area contributed by atoms with Gasteiger partial charge < -0.3 is 0 Å². The van der Waals surface area contributed by atoms with E-state index in [2.05, 4.69) is 4.72 Å². The van der Waals surface area contributed by atoms with E-state index in [1.54, 1.807) is 0 Å². The zero-order chi connectivity index (χ0) is 5.49. The fraction of sp³-hybridized carbons (Fsp3) is 1.00. The van der Waals surface area contributed by atoms with Crippen LogP contribution in [0.5, 0.6) is 0 Å². The second-order valence-electron chi connectivity index (χ2n) is 1.80. The van der Waals surface area contributed by atoms with E-state index in [1.165, 1.54) is 0 Å². The van der Waals surface area contributed by atoms with Crippen LogP contribution in [-0.2, 0) is 10.0 Å². The van der Waals surface area contributed by atoms with Crippen molar-refractivity contribution in [3.05, 3.63) is 0 Å². The highest BCUT2D eigenvalue weighted by molar-refractivity contribution is 7.90. The molecular formula is C3H7NO2S. The fourth-order valence-corrected chi connectivity index (χ4v) is 1.86. The Hall–Kier alpha value is -0.0900. The Morgan fingerprint density at radius 3 is 2.14 bits per heavy atom. The van der Waals surface area contributed by atoms with Crippen molar-refractivity contribution in [3.63, 3.8) is 0 Å². The summed E-state index contributed by atoms with van der Waals surface area (Å²) in [6.07, 6.45) is 0. The van der Waals surface area contributed by atoms with Crippen LogP contribution >= 0.6 is 0 Å². The van der Waals surface area contributed by atoms with Crippen molar-refractivity contribution in [1.29, 1.82) is 0 Å². The molecule has 0 bridgehead atoms. The standard InChI is InChI=1S/C3H7NO2S/c1-3-2-7(5,6)4-3/h3-4H,2H2,1H3/t3-/m0/s1. The van der Waals surface area contributed by atoms with E-state index in [0.29, 0.717) is 5.75 Å². The Kier molecular flexibility index (Phi) is 0.864. The van der Waals surface area contributed by atoms with Crippen LogP contribution in [0.15, 0.2) is 0 Å². The number of sulfonamides is 1. The van der Waals surface area contributed by atoms with Crippen LogP contribution < -0.4 is 4.72 Å². The fourth-order valence-electron chi connectivity index (χ4n) is 0.618. The lowest BCUT2D eigenvalue weighted by atomic mass is 10.4. The van der Waals surface area contributed by atoms with E-state index in [-0.39, 0.29) is 6.04 Å². The first-order chi connectivity index (χ1) is 3.10. The lowest BCUT2D eigenvalue weighted by Crippen LogP contribution is -2.50. The molecule has 1 aliphatic heterocycles. The van der Waals surface area contributed by atoms with Gasteiger partial charge in [-0.05, 0) is 6.92 Å². The summed E-state index contributed by atoms with van der Waals surface area (Å²) in [4.78, 5) is 0. The lowest BCUT2D eigenvalue weighted by molar-refractivity contribution is 0.531. The van der Waals surface area contributed by atoms with Gasteiger partial charge in [0.25, 0.3) is 0 Å². The summed E-state index contributed by atoms with van der Waals surface area (Å²) in [6.45, 7) is 1.83. The van der Waals surface area contributed by atoms with E-state index in [0.717, 1.165) is 0 Å². The second-order valence-corrected chi connectivity index (χ2v) is 3.60. The Morgan fingerprint density at radius 1 is 1.71 bits per heavy atom. The topological polar surface area (TPSA) is 46.2 Å². The SMILES string of the molecule is C[C@H]1CS(=O)(=O)N1. The van der Waals surface area contributed by atoms with Crippen molar-refractivity contribution in [2.75, 3.05) is 5.75 Å². The predicted molar refractivity (Wildman–Crippen MR) is 26.4 cm³/mol. The first-order valence-corrected chi connectivity index (χ1v) is 3.75. The average molecular weight is 121 g/mol. The number of hydrogen-bond acceptors (Lipinski definition) is 2. The van der Waals surface area contributed by atoms with Crippen molar-refractivity contribution in [3.8, 4) is 0 Å². The van der Waals surface area contributed by atoms with Gasteiger partial charge in [-0.3, -0.25) is 0 Å². The minimum Gasteiger partial charge on any atom is -0.212 e. The molecule has 0 saturated carbocycles. The molecule has 0 spiro atoms. The van der Waals surface area contributed by atoms with Gasteiger partial charge in [0, 0.05) is 6.04 Å². The quantitative estimate of drug-likeness (QED) is 0.461. The van der Waals surface area contributed by atoms with E-state index in [1.807, 2.05) is 6.92 Å². The zero-order valence-corrected chi connectivity index (χ0v) is 4.83. The third kappa shape index (κ3) is 0.920. The van der Waals surface area contributed by atoms with Gasteiger partial charge in [0.15, 0.2) is 0 Å². The average Bonchev–Trinajstić information content (AvgIpc) is 1.27. The molecule has 0 aromatic rings. The molecule has 0 unspecified atom stereocenters. The highest BCUT2D eigenvalue weighted by Gasteiger charge is 2.27. The Balaban J connectivity index is 2.61. The lowest BCUT2D eigenvalue weighted by Gasteiger charge is -2.22. The van der Waals surface area contributed by atoms with Gasteiger partial charge in [-0.15, -0.1) is 0 Å². The van der Waals surface area contributed by atoms with Crippen molar-refractivity contribution in [1.82, 2.24) is 4.72 Å². The summed E-state index contributed by atoms with van der Waals surface area (Å²) in [5, 5.41) is 0. The molecule has 1 heterocycles. The van der Waals surface area contributed by atoms with Gasteiger partial charge in [0.05, 0.1) is 5.75 Å².